The van der Waals surface area contributed by atoms with Gasteiger partial charge in [0, 0.05) is 31.7 Å². The molecule has 20 heavy (non-hydrogen) atoms. The van der Waals surface area contributed by atoms with E-state index in [1.165, 1.54) is 0 Å². The number of alkyl halides is 3. The van der Waals surface area contributed by atoms with Gasteiger partial charge in [0.1, 0.15) is 0 Å². The molecular formula is C13H17BrF3N3. The second-order valence-electron chi connectivity index (χ2n) is 4.32. The molecule has 0 radical (unpaired) electrons. The Hall–Kier alpha value is -1.24. The van der Waals surface area contributed by atoms with Crippen LogP contribution >= 0.6 is 15.9 Å². The van der Waals surface area contributed by atoms with Crippen LogP contribution in [0.3, 0.4) is 0 Å². The quantitative estimate of drug-likeness (QED) is 0.664. The smallest absolute Gasteiger partial charge is 0.356 e. The van der Waals surface area contributed by atoms with E-state index >= 15 is 0 Å². The summed E-state index contributed by atoms with van der Waals surface area (Å²) in [5.74, 6) is 0.442. The Balaban J connectivity index is 2.51. The SMILES string of the molecule is CN=C(NCCC(F)(F)F)N(C)Cc1ccc(Br)cc1. The van der Waals surface area contributed by atoms with Crippen molar-refractivity contribution in [3.8, 4) is 0 Å². The molecule has 3 nitrogen and oxygen atoms in total. The third-order valence-corrected chi connectivity index (χ3v) is 3.13. The van der Waals surface area contributed by atoms with Gasteiger partial charge in [-0.25, -0.2) is 0 Å². The molecule has 0 aliphatic carbocycles. The lowest BCUT2D eigenvalue weighted by molar-refractivity contribution is -0.132. The number of rotatable bonds is 4. The van der Waals surface area contributed by atoms with Crippen molar-refractivity contribution < 1.29 is 13.2 Å². The van der Waals surface area contributed by atoms with E-state index in [4.69, 9.17) is 0 Å². The first-order valence-corrected chi connectivity index (χ1v) is 6.84. The number of benzene rings is 1. The Morgan fingerprint density at radius 3 is 2.40 bits per heavy atom. The van der Waals surface area contributed by atoms with Crippen LogP contribution in [0, 0.1) is 0 Å². The van der Waals surface area contributed by atoms with Gasteiger partial charge in [0.25, 0.3) is 0 Å². The maximum absolute atomic E-state index is 12.1. The molecule has 0 saturated heterocycles. The van der Waals surface area contributed by atoms with Crippen LogP contribution in [0.5, 0.6) is 0 Å². The molecule has 0 aliphatic heterocycles. The highest BCUT2D eigenvalue weighted by Gasteiger charge is 2.26. The van der Waals surface area contributed by atoms with Gasteiger partial charge in [-0.1, -0.05) is 28.1 Å². The molecule has 0 atom stereocenters. The van der Waals surface area contributed by atoms with Crippen molar-refractivity contribution in [2.75, 3.05) is 20.6 Å². The first-order valence-electron chi connectivity index (χ1n) is 6.05. The summed E-state index contributed by atoms with van der Waals surface area (Å²) >= 11 is 3.35. The molecule has 0 aromatic heterocycles. The molecular weight excluding hydrogens is 335 g/mol. The minimum absolute atomic E-state index is 0.180. The molecule has 1 rings (SSSR count). The van der Waals surface area contributed by atoms with E-state index in [-0.39, 0.29) is 6.54 Å². The average Bonchev–Trinajstić information content (AvgIpc) is 2.36. The molecule has 0 fully saturated rings. The van der Waals surface area contributed by atoms with Crippen molar-refractivity contribution in [1.29, 1.82) is 0 Å². The fourth-order valence-corrected chi connectivity index (χ4v) is 1.90. The lowest BCUT2D eigenvalue weighted by atomic mass is 10.2. The third-order valence-electron chi connectivity index (χ3n) is 2.60. The summed E-state index contributed by atoms with van der Waals surface area (Å²) in [5.41, 5.74) is 1.05. The predicted molar refractivity (Wildman–Crippen MR) is 77.6 cm³/mol. The van der Waals surface area contributed by atoms with Gasteiger partial charge in [-0.2, -0.15) is 13.2 Å². The van der Waals surface area contributed by atoms with Gasteiger partial charge in [0.2, 0.25) is 0 Å². The van der Waals surface area contributed by atoms with Gasteiger partial charge >= 0.3 is 6.18 Å². The fraction of sp³-hybridized carbons (Fsp3) is 0.462. The number of nitrogens with zero attached hydrogens (tertiary/aromatic N) is 2. The van der Waals surface area contributed by atoms with Gasteiger partial charge in [-0.15, -0.1) is 0 Å². The molecule has 0 spiro atoms. The van der Waals surface area contributed by atoms with Crippen LogP contribution in [0.4, 0.5) is 13.2 Å². The van der Waals surface area contributed by atoms with Gasteiger partial charge in [-0.05, 0) is 17.7 Å². The zero-order chi connectivity index (χ0) is 15.2. The Morgan fingerprint density at radius 2 is 1.90 bits per heavy atom. The monoisotopic (exact) mass is 351 g/mol. The summed E-state index contributed by atoms with van der Waals surface area (Å²) in [4.78, 5) is 5.75. The Labute approximate surface area is 125 Å². The largest absolute Gasteiger partial charge is 0.390 e. The Kier molecular flexibility index (Phi) is 6.32. The highest BCUT2D eigenvalue weighted by Crippen LogP contribution is 2.18. The molecule has 0 unspecified atom stereocenters. The van der Waals surface area contributed by atoms with Crippen molar-refractivity contribution in [2.45, 2.75) is 19.1 Å². The van der Waals surface area contributed by atoms with Crippen LogP contribution in [-0.4, -0.2) is 37.7 Å². The van der Waals surface area contributed by atoms with Crippen LogP contribution in [-0.2, 0) is 6.54 Å². The normalized spacial score (nSPS) is 12.4. The topological polar surface area (TPSA) is 27.6 Å². The maximum Gasteiger partial charge on any atom is 0.390 e. The van der Waals surface area contributed by atoms with Crippen molar-refractivity contribution in [3.05, 3.63) is 34.3 Å². The summed E-state index contributed by atoms with van der Waals surface area (Å²) in [6.07, 6.45) is -5.03. The number of halogens is 4. The Morgan fingerprint density at radius 1 is 1.30 bits per heavy atom. The second-order valence-corrected chi connectivity index (χ2v) is 5.24. The first kappa shape index (κ1) is 16.8. The summed E-state index contributed by atoms with van der Waals surface area (Å²) < 4.78 is 37.3. The third kappa shape index (κ3) is 6.27. The highest BCUT2D eigenvalue weighted by molar-refractivity contribution is 9.10. The molecule has 7 heteroatoms. The lowest BCUT2D eigenvalue weighted by Gasteiger charge is -2.22. The zero-order valence-corrected chi connectivity index (χ0v) is 12.9. The van der Waals surface area contributed by atoms with Crippen LogP contribution in [0.25, 0.3) is 0 Å². The van der Waals surface area contributed by atoms with E-state index in [2.05, 4.69) is 26.2 Å². The van der Waals surface area contributed by atoms with Crippen molar-refractivity contribution in [2.24, 2.45) is 4.99 Å². The molecule has 0 amide bonds. The van der Waals surface area contributed by atoms with Crippen LogP contribution < -0.4 is 5.32 Å². The standard InChI is InChI=1S/C13H17BrF3N3/c1-18-12(19-8-7-13(15,16)17)20(2)9-10-3-5-11(14)6-4-10/h3-6H,7-9H2,1-2H3,(H,18,19). The molecule has 0 heterocycles. The van der Waals surface area contributed by atoms with Gasteiger partial charge in [0.05, 0.1) is 6.42 Å². The lowest BCUT2D eigenvalue weighted by Crippen LogP contribution is -2.39. The maximum atomic E-state index is 12.1. The summed E-state index contributed by atoms with van der Waals surface area (Å²) in [6.45, 7) is 0.389. The average molecular weight is 352 g/mol. The molecule has 0 aliphatic rings. The Bertz CT molecular complexity index is 443. The van der Waals surface area contributed by atoms with E-state index in [0.29, 0.717) is 12.5 Å². The zero-order valence-electron chi connectivity index (χ0n) is 11.3. The predicted octanol–water partition coefficient (Wildman–Crippen LogP) is 3.41. The van der Waals surface area contributed by atoms with Crippen LogP contribution in [0.1, 0.15) is 12.0 Å². The van der Waals surface area contributed by atoms with Gasteiger partial charge in [0.15, 0.2) is 5.96 Å². The fourth-order valence-electron chi connectivity index (χ4n) is 1.64. The molecule has 0 saturated carbocycles. The number of hydrogen-bond acceptors (Lipinski definition) is 1. The van der Waals surface area contributed by atoms with E-state index < -0.39 is 12.6 Å². The van der Waals surface area contributed by atoms with Crippen LogP contribution in [0.2, 0.25) is 0 Å². The number of nitrogens with one attached hydrogen (secondary N) is 1. The summed E-state index contributed by atoms with van der Waals surface area (Å²) in [7, 11) is 3.33. The minimum atomic E-state index is -4.16. The summed E-state index contributed by atoms with van der Waals surface area (Å²) in [6, 6.07) is 7.74. The molecule has 1 aromatic carbocycles. The van der Waals surface area contributed by atoms with Crippen molar-refractivity contribution in [3.63, 3.8) is 0 Å². The van der Waals surface area contributed by atoms with Crippen LogP contribution in [0.15, 0.2) is 33.7 Å². The molecule has 1 N–H and O–H groups in total. The summed E-state index contributed by atoms with van der Waals surface area (Å²) in [5, 5.41) is 2.70. The van der Waals surface area contributed by atoms with E-state index in [1.54, 1.807) is 19.0 Å². The van der Waals surface area contributed by atoms with E-state index in [9.17, 15) is 13.2 Å². The molecule has 0 bridgehead atoms. The van der Waals surface area contributed by atoms with Crippen molar-refractivity contribution >= 4 is 21.9 Å². The first-order chi connectivity index (χ1) is 9.31. The second kappa shape index (κ2) is 7.52. The van der Waals surface area contributed by atoms with Crippen molar-refractivity contribution in [1.82, 2.24) is 10.2 Å². The van der Waals surface area contributed by atoms with Gasteiger partial charge < -0.3 is 10.2 Å². The molecule has 112 valence electrons. The molecule has 1 aromatic rings. The van der Waals surface area contributed by atoms with E-state index in [0.717, 1.165) is 10.0 Å². The number of aliphatic imine (C=N–C) groups is 1. The number of hydrogen-bond donors (Lipinski definition) is 1. The highest BCUT2D eigenvalue weighted by atomic mass is 79.9. The number of guanidine groups is 1. The van der Waals surface area contributed by atoms with E-state index in [1.807, 2.05) is 24.3 Å². The minimum Gasteiger partial charge on any atom is -0.356 e. The van der Waals surface area contributed by atoms with Gasteiger partial charge in [-0.3, -0.25) is 4.99 Å².